The zero-order valence-electron chi connectivity index (χ0n) is 9.65. The van der Waals surface area contributed by atoms with Gasteiger partial charge in [-0.2, -0.15) is 0 Å². The molecule has 1 aromatic carbocycles. The first kappa shape index (κ1) is 12.1. The third-order valence-electron chi connectivity index (χ3n) is 2.84. The van der Waals surface area contributed by atoms with Crippen molar-refractivity contribution < 1.29 is 9.59 Å². The lowest BCUT2D eigenvalue weighted by Crippen LogP contribution is -2.31. The first-order valence-corrected chi connectivity index (χ1v) is 6.17. The second-order valence-electron chi connectivity index (χ2n) is 4.12. The fraction of sp³-hybridized carbons (Fsp3) is 0.385. The minimum Gasteiger partial charge on any atom is -0.274 e. The second-order valence-corrected chi connectivity index (χ2v) is 4.64. The number of carbonyl (C=O) groups excluding carboxylic acids is 2. The Balaban J connectivity index is 2.40. The van der Waals surface area contributed by atoms with E-state index in [9.17, 15) is 9.59 Å². The van der Waals surface area contributed by atoms with E-state index in [0.717, 1.165) is 18.4 Å². The van der Waals surface area contributed by atoms with Crippen molar-refractivity contribution in [3.8, 4) is 0 Å². The van der Waals surface area contributed by atoms with Crippen LogP contribution in [0.15, 0.2) is 24.3 Å². The van der Waals surface area contributed by atoms with Crippen LogP contribution in [0.1, 0.15) is 25.3 Å². The number of alkyl halides is 1. The van der Waals surface area contributed by atoms with Gasteiger partial charge in [0.05, 0.1) is 12.1 Å². The lowest BCUT2D eigenvalue weighted by Gasteiger charge is -2.17. The predicted molar refractivity (Wildman–Crippen MR) is 67.2 cm³/mol. The highest BCUT2D eigenvalue weighted by Gasteiger charge is 2.38. The molecule has 2 rings (SSSR count). The molecule has 2 amide bonds. The number of aryl methyl sites for hydroxylation is 1. The molecule has 0 aliphatic carbocycles. The van der Waals surface area contributed by atoms with E-state index >= 15 is 0 Å². The summed E-state index contributed by atoms with van der Waals surface area (Å²) in [5.74, 6) is -0.515. The molecule has 1 atom stereocenters. The number of rotatable bonds is 3. The van der Waals surface area contributed by atoms with Crippen molar-refractivity contribution in [2.75, 3.05) is 4.90 Å². The zero-order chi connectivity index (χ0) is 12.4. The highest BCUT2D eigenvalue weighted by atomic mass is 35.5. The summed E-state index contributed by atoms with van der Waals surface area (Å²) in [5, 5.41) is -0.711. The summed E-state index contributed by atoms with van der Waals surface area (Å²) in [6, 6.07) is 7.49. The molecule has 0 N–H and O–H groups in total. The SMILES string of the molecule is CCCc1ccccc1N1C(=O)CC(Cl)C1=O. The van der Waals surface area contributed by atoms with E-state index in [2.05, 4.69) is 6.92 Å². The van der Waals surface area contributed by atoms with E-state index in [1.54, 1.807) is 6.07 Å². The van der Waals surface area contributed by atoms with Crippen LogP contribution in [0.3, 0.4) is 0 Å². The van der Waals surface area contributed by atoms with E-state index in [4.69, 9.17) is 11.6 Å². The largest absolute Gasteiger partial charge is 0.274 e. The normalized spacial score (nSPS) is 20.1. The van der Waals surface area contributed by atoms with Crippen LogP contribution in [0.4, 0.5) is 5.69 Å². The Morgan fingerprint density at radius 3 is 2.65 bits per heavy atom. The number of hydrogen-bond donors (Lipinski definition) is 0. The molecule has 1 fully saturated rings. The van der Waals surface area contributed by atoms with Crippen LogP contribution < -0.4 is 4.90 Å². The van der Waals surface area contributed by atoms with Crippen molar-refractivity contribution in [3.63, 3.8) is 0 Å². The second kappa shape index (κ2) is 4.88. The van der Waals surface area contributed by atoms with Gasteiger partial charge in [-0.05, 0) is 18.1 Å². The van der Waals surface area contributed by atoms with Crippen molar-refractivity contribution in [3.05, 3.63) is 29.8 Å². The van der Waals surface area contributed by atoms with E-state index in [1.165, 1.54) is 4.90 Å². The van der Waals surface area contributed by atoms with Gasteiger partial charge >= 0.3 is 0 Å². The molecule has 0 spiro atoms. The van der Waals surface area contributed by atoms with Crippen LogP contribution in [0, 0.1) is 0 Å². The van der Waals surface area contributed by atoms with Gasteiger partial charge in [-0.1, -0.05) is 31.5 Å². The van der Waals surface area contributed by atoms with Crippen LogP contribution in [0.25, 0.3) is 0 Å². The van der Waals surface area contributed by atoms with E-state index in [0.29, 0.717) is 5.69 Å². The monoisotopic (exact) mass is 251 g/mol. The molecule has 1 saturated heterocycles. The molecular weight excluding hydrogens is 238 g/mol. The summed E-state index contributed by atoms with van der Waals surface area (Å²) >= 11 is 5.82. The Bertz CT molecular complexity index is 458. The number of para-hydroxylation sites is 1. The Morgan fingerprint density at radius 2 is 2.06 bits per heavy atom. The average Bonchev–Trinajstić information content (AvgIpc) is 2.55. The number of halogens is 1. The third-order valence-corrected chi connectivity index (χ3v) is 3.18. The van der Waals surface area contributed by atoms with Gasteiger partial charge in [0.25, 0.3) is 5.91 Å². The lowest BCUT2D eigenvalue weighted by atomic mass is 10.1. The van der Waals surface area contributed by atoms with Crippen LogP contribution >= 0.6 is 11.6 Å². The quantitative estimate of drug-likeness (QED) is 0.612. The van der Waals surface area contributed by atoms with Gasteiger partial charge < -0.3 is 0 Å². The number of nitrogens with zero attached hydrogens (tertiary/aromatic N) is 1. The predicted octanol–water partition coefficient (Wildman–Crippen LogP) is 2.51. The maximum absolute atomic E-state index is 11.8. The van der Waals surface area contributed by atoms with Crippen LogP contribution in [-0.4, -0.2) is 17.2 Å². The highest BCUT2D eigenvalue weighted by molar-refractivity contribution is 6.40. The molecular formula is C13H14ClNO2. The fourth-order valence-corrected chi connectivity index (χ4v) is 2.29. The van der Waals surface area contributed by atoms with Gasteiger partial charge in [-0.25, -0.2) is 4.90 Å². The Kier molecular flexibility index (Phi) is 3.48. The summed E-state index contributed by atoms with van der Waals surface area (Å²) in [7, 11) is 0. The molecule has 0 bridgehead atoms. The molecule has 1 aromatic rings. The summed E-state index contributed by atoms with van der Waals surface area (Å²) < 4.78 is 0. The maximum atomic E-state index is 11.8. The molecule has 17 heavy (non-hydrogen) atoms. The Hall–Kier alpha value is -1.35. The Morgan fingerprint density at radius 1 is 1.35 bits per heavy atom. The van der Waals surface area contributed by atoms with Gasteiger partial charge in [0.15, 0.2) is 0 Å². The van der Waals surface area contributed by atoms with Crippen molar-refractivity contribution in [2.24, 2.45) is 0 Å². The first-order chi connectivity index (χ1) is 8.15. The summed E-state index contributed by atoms with van der Waals surface area (Å²) in [5.41, 5.74) is 1.70. The number of imide groups is 1. The molecule has 1 heterocycles. The molecule has 4 heteroatoms. The molecule has 3 nitrogen and oxygen atoms in total. The molecule has 90 valence electrons. The number of benzene rings is 1. The number of amides is 2. The number of hydrogen-bond acceptors (Lipinski definition) is 2. The molecule has 0 aromatic heterocycles. The van der Waals surface area contributed by atoms with Gasteiger partial charge in [-0.3, -0.25) is 9.59 Å². The standard InChI is InChI=1S/C13H14ClNO2/c1-2-5-9-6-3-4-7-11(9)15-12(16)8-10(14)13(15)17/h3-4,6-7,10H,2,5,8H2,1H3. The molecule has 1 aliphatic heterocycles. The Labute approximate surface area is 105 Å². The molecule has 0 saturated carbocycles. The average molecular weight is 252 g/mol. The van der Waals surface area contributed by atoms with Crippen molar-refractivity contribution >= 4 is 29.1 Å². The van der Waals surface area contributed by atoms with E-state index < -0.39 is 5.38 Å². The minimum absolute atomic E-state index is 0.0981. The van der Waals surface area contributed by atoms with E-state index in [-0.39, 0.29) is 18.2 Å². The summed E-state index contributed by atoms with van der Waals surface area (Å²) in [6.45, 7) is 2.06. The topological polar surface area (TPSA) is 37.4 Å². The van der Waals surface area contributed by atoms with Crippen LogP contribution in [-0.2, 0) is 16.0 Å². The van der Waals surface area contributed by atoms with Gasteiger partial charge in [0.2, 0.25) is 5.91 Å². The van der Waals surface area contributed by atoms with Gasteiger partial charge in [0.1, 0.15) is 5.38 Å². The van der Waals surface area contributed by atoms with E-state index in [1.807, 2.05) is 18.2 Å². The highest BCUT2D eigenvalue weighted by Crippen LogP contribution is 2.29. The number of anilines is 1. The van der Waals surface area contributed by atoms with Crippen molar-refractivity contribution in [1.29, 1.82) is 0 Å². The smallest absolute Gasteiger partial charge is 0.252 e. The fourth-order valence-electron chi connectivity index (χ4n) is 2.06. The summed E-state index contributed by atoms with van der Waals surface area (Å²) in [4.78, 5) is 24.8. The van der Waals surface area contributed by atoms with Gasteiger partial charge in [0, 0.05) is 0 Å². The van der Waals surface area contributed by atoms with Crippen LogP contribution in [0.2, 0.25) is 0 Å². The van der Waals surface area contributed by atoms with Crippen LogP contribution in [0.5, 0.6) is 0 Å². The molecule has 1 aliphatic rings. The number of carbonyl (C=O) groups is 2. The summed E-state index contributed by atoms with van der Waals surface area (Å²) in [6.07, 6.45) is 1.92. The first-order valence-electron chi connectivity index (χ1n) is 5.74. The molecule has 0 radical (unpaired) electrons. The third kappa shape index (κ3) is 2.20. The zero-order valence-corrected chi connectivity index (χ0v) is 10.4. The maximum Gasteiger partial charge on any atom is 0.252 e. The minimum atomic E-state index is -0.711. The molecule has 1 unspecified atom stereocenters. The van der Waals surface area contributed by atoms with Gasteiger partial charge in [-0.15, -0.1) is 11.6 Å². The van der Waals surface area contributed by atoms with Crippen molar-refractivity contribution in [1.82, 2.24) is 0 Å². The lowest BCUT2D eigenvalue weighted by molar-refractivity contribution is -0.121. The van der Waals surface area contributed by atoms with Crippen molar-refractivity contribution in [2.45, 2.75) is 31.6 Å².